The van der Waals surface area contributed by atoms with E-state index >= 15 is 0 Å². The van der Waals surface area contributed by atoms with Gasteiger partial charge in [0.25, 0.3) is 0 Å². The van der Waals surface area contributed by atoms with E-state index in [1.54, 1.807) is 0 Å². The number of rotatable bonds is 4. The summed E-state index contributed by atoms with van der Waals surface area (Å²) >= 11 is 2.04. The fraction of sp³-hybridized carbons (Fsp3) is 0.800. The first-order valence-corrected chi connectivity index (χ1v) is 6.60. The van der Waals surface area contributed by atoms with E-state index in [1.165, 1.54) is 24.3 Å². The van der Waals surface area contributed by atoms with Crippen LogP contribution in [0.2, 0.25) is 0 Å². The number of aromatic nitrogens is 2. The van der Waals surface area contributed by atoms with Crippen LogP contribution in [-0.2, 0) is 6.42 Å². The number of hydrogen-bond donors (Lipinski definition) is 1. The highest BCUT2D eigenvalue weighted by atomic mass is 32.2. The van der Waals surface area contributed by atoms with Crippen LogP contribution in [0.25, 0.3) is 0 Å². The van der Waals surface area contributed by atoms with Gasteiger partial charge in [-0.3, -0.25) is 0 Å². The molecule has 5 heteroatoms. The van der Waals surface area contributed by atoms with Crippen molar-refractivity contribution in [2.45, 2.75) is 32.2 Å². The summed E-state index contributed by atoms with van der Waals surface area (Å²) in [6.45, 7) is 2.78. The SMILES string of the molecule is Cc1noc(CCNC2CCCSC2)n1. The zero-order valence-electron chi connectivity index (χ0n) is 9.03. The van der Waals surface area contributed by atoms with Crippen molar-refractivity contribution in [3.63, 3.8) is 0 Å². The topological polar surface area (TPSA) is 51.0 Å². The van der Waals surface area contributed by atoms with Crippen LogP contribution in [-0.4, -0.2) is 34.2 Å². The van der Waals surface area contributed by atoms with E-state index in [9.17, 15) is 0 Å². The number of nitrogens with one attached hydrogen (secondary N) is 1. The molecular formula is C10H17N3OS. The Balaban J connectivity index is 1.65. The maximum absolute atomic E-state index is 5.05. The minimum Gasteiger partial charge on any atom is -0.339 e. The van der Waals surface area contributed by atoms with Crippen molar-refractivity contribution in [1.29, 1.82) is 0 Å². The first kappa shape index (κ1) is 11.0. The third-order valence-corrected chi connectivity index (χ3v) is 3.72. The van der Waals surface area contributed by atoms with Crippen LogP contribution in [0.15, 0.2) is 4.52 Å². The Labute approximate surface area is 94.2 Å². The van der Waals surface area contributed by atoms with Crippen LogP contribution in [0.1, 0.15) is 24.6 Å². The van der Waals surface area contributed by atoms with Crippen molar-refractivity contribution in [2.75, 3.05) is 18.1 Å². The van der Waals surface area contributed by atoms with Gasteiger partial charge in [-0.2, -0.15) is 16.7 Å². The second-order valence-corrected chi connectivity index (χ2v) is 5.00. The van der Waals surface area contributed by atoms with Crippen molar-refractivity contribution in [3.05, 3.63) is 11.7 Å². The summed E-state index contributed by atoms with van der Waals surface area (Å²) in [7, 11) is 0. The Hall–Kier alpha value is -0.550. The quantitative estimate of drug-likeness (QED) is 0.842. The largest absolute Gasteiger partial charge is 0.339 e. The molecule has 2 heterocycles. The Morgan fingerprint density at radius 2 is 2.53 bits per heavy atom. The lowest BCUT2D eigenvalue weighted by molar-refractivity contribution is 0.368. The first-order chi connectivity index (χ1) is 7.34. The van der Waals surface area contributed by atoms with E-state index < -0.39 is 0 Å². The molecule has 1 fully saturated rings. The standard InChI is InChI=1S/C10H17N3OS/c1-8-12-10(14-13-8)4-5-11-9-3-2-6-15-7-9/h9,11H,2-7H2,1H3. The van der Waals surface area contributed by atoms with E-state index in [0.29, 0.717) is 6.04 Å². The highest BCUT2D eigenvalue weighted by Crippen LogP contribution is 2.16. The first-order valence-electron chi connectivity index (χ1n) is 5.45. The monoisotopic (exact) mass is 227 g/mol. The molecule has 15 heavy (non-hydrogen) atoms. The smallest absolute Gasteiger partial charge is 0.227 e. The van der Waals surface area contributed by atoms with E-state index in [2.05, 4.69) is 15.5 Å². The molecule has 84 valence electrons. The zero-order valence-corrected chi connectivity index (χ0v) is 9.85. The molecule has 1 aliphatic rings. The summed E-state index contributed by atoms with van der Waals surface area (Å²) in [6.07, 6.45) is 3.47. The van der Waals surface area contributed by atoms with Gasteiger partial charge in [-0.05, 0) is 25.5 Å². The summed E-state index contributed by atoms with van der Waals surface area (Å²) in [6, 6.07) is 0.674. The average molecular weight is 227 g/mol. The fourth-order valence-electron chi connectivity index (χ4n) is 1.73. The molecule has 1 atom stereocenters. The van der Waals surface area contributed by atoms with Crippen molar-refractivity contribution in [1.82, 2.24) is 15.5 Å². The van der Waals surface area contributed by atoms with Gasteiger partial charge in [0.2, 0.25) is 5.89 Å². The number of hydrogen-bond acceptors (Lipinski definition) is 5. The lowest BCUT2D eigenvalue weighted by atomic mass is 10.2. The molecule has 4 nitrogen and oxygen atoms in total. The molecule has 0 saturated carbocycles. The Morgan fingerprint density at radius 3 is 3.20 bits per heavy atom. The van der Waals surface area contributed by atoms with Gasteiger partial charge in [-0.1, -0.05) is 5.16 Å². The number of aryl methyl sites for hydroxylation is 1. The summed E-state index contributed by atoms with van der Waals surface area (Å²) in [5.41, 5.74) is 0. The second-order valence-electron chi connectivity index (χ2n) is 3.85. The van der Waals surface area contributed by atoms with Gasteiger partial charge in [0.15, 0.2) is 5.82 Å². The predicted octanol–water partition coefficient (Wildman–Crippen LogP) is 1.41. The van der Waals surface area contributed by atoms with Gasteiger partial charge in [-0.25, -0.2) is 0 Å². The lowest BCUT2D eigenvalue weighted by Gasteiger charge is -2.22. The van der Waals surface area contributed by atoms with Gasteiger partial charge in [0.05, 0.1) is 0 Å². The summed E-state index contributed by atoms with van der Waals surface area (Å²) in [5, 5.41) is 7.29. The van der Waals surface area contributed by atoms with Gasteiger partial charge in [-0.15, -0.1) is 0 Å². The van der Waals surface area contributed by atoms with Gasteiger partial charge >= 0.3 is 0 Å². The van der Waals surface area contributed by atoms with Crippen LogP contribution in [0.4, 0.5) is 0 Å². The second kappa shape index (κ2) is 5.51. The lowest BCUT2D eigenvalue weighted by Crippen LogP contribution is -2.35. The van der Waals surface area contributed by atoms with E-state index in [0.717, 1.165) is 24.7 Å². The van der Waals surface area contributed by atoms with Crippen LogP contribution in [0.3, 0.4) is 0 Å². The third-order valence-electron chi connectivity index (χ3n) is 2.50. The Bertz CT molecular complexity index is 297. The highest BCUT2D eigenvalue weighted by Gasteiger charge is 2.12. The molecule has 0 aromatic carbocycles. The maximum atomic E-state index is 5.05. The summed E-state index contributed by atoms with van der Waals surface area (Å²) in [5.74, 6) is 4.02. The molecule has 0 amide bonds. The molecule has 0 spiro atoms. The molecule has 1 aliphatic heterocycles. The predicted molar refractivity (Wildman–Crippen MR) is 61.1 cm³/mol. The van der Waals surface area contributed by atoms with E-state index in [4.69, 9.17) is 4.52 Å². The van der Waals surface area contributed by atoms with Crippen LogP contribution >= 0.6 is 11.8 Å². The Morgan fingerprint density at radius 1 is 1.60 bits per heavy atom. The van der Waals surface area contributed by atoms with Crippen LogP contribution in [0, 0.1) is 6.92 Å². The zero-order chi connectivity index (χ0) is 10.5. The molecule has 0 bridgehead atoms. The molecule has 1 aromatic rings. The molecule has 1 N–H and O–H groups in total. The van der Waals surface area contributed by atoms with Crippen molar-refractivity contribution in [2.24, 2.45) is 0 Å². The normalized spacial score (nSPS) is 21.8. The average Bonchev–Trinajstić information content (AvgIpc) is 2.66. The van der Waals surface area contributed by atoms with Gasteiger partial charge in [0, 0.05) is 24.8 Å². The number of thioether (sulfide) groups is 1. The molecule has 0 radical (unpaired) electrons. The van der Waals surface area contributed by atoms with E-state index in [1.807, 2.05) is 18.7 Å². The van der Waals surface area contributed by atoms with Gasteiger partial charge in [0.1, 0.15) is 0 Å². The highest BCUT2D eigenvalue weighted by molar-refractivity contribution is 7.99. The number of nitrogens with zero attached hydrogens (tertiary/aromatic N) is 2. The fourth-order valence-corrected chi connectivity index (χ4v) is 2.83. The third kappa shape index (κ3) is 3.50. The van der Waals surface area contributed by atoms with Crippen LogP contribution < -0.4 is 5.32 Å². The molecule has 1 unspecified atom stereocenters. The van der Waals surface area contributed by atoms with Crippen molar-refractivity contribution >= 4 is 11.8 Å². The van der Waals surface area contributed by atoms with Crippen LogP contribution in [0.5, 0.6) is 0 Å². The molecular weight excluding hydrogens is 210 g/mol. The van der Waals surface area contributed by atoms with Gasteiger partial charge < -0.3 is 9.84 Å². The summed E-state index contributed by atoms with van der Waals surface area (Å²) < 4.78 is 5.05. The molecule has 0 aliphatic carbocycles. The summed E-state index contributed by atoms with van der Waals surface area (Å²) in [4.78, 5) is 4.17. The maximum Gasteiger partial charge on any atom is 0.227 e. The molecule has 1 saturated heterocycles. The minimum atomic E-state index is 0.674. The van der Waals surface area contributed by atoms with E-state index in [-0.39, 0.29) is 0 Å². The molecule has 2 rings (SSSR count). The van der Waals surface area contributed by atoms with Crippen molar-refractivity contribution < 1.29 is 4.52 Å². The Kier molecular flexibility index (Phi) is 4.02. The van der Waals surface area contributed by atoms with Crippen molar-refractivity contribution in [3.8, 4) is 0 Å². The molecule has 1 aromatic heterocycles. The minimum absolute atomic E-state index is 0.674.